The number of hydrogen-bond acceptors (Lipinski definition) is 4. The number of nitrogens with zero attached hydrogens (tertiary/aromatic N) is 1. The van der Waals surface area contributed by atoms with Crippen molar-refractivity contribution in [3.63, 3.8) is 0 Å². The van der Waals surface area contributed by atoms with Gasteiger partial charge in [-0.15, -0.1) is 0 Å². The van der Waals surface area contributed by atoms with Gasteiger partial charge in [0, 0.05) is 19.6 Å². The van der Waals surface area contributed by atoms with Crippen LogP contribution in [0.3, 0.4) is 0 Å². The predicted octanol–water partition coefficient (Wildman–Crippen LogP) is 0.907. The fraction of sp³-hybridized carbons (Fsp3) is 0.533. The lowest BCUT2D eigenvalue weighted by atomic mass is 10.0. The van der Waals surface area contributed by atoms with Gasteiger partial charge in [0.2, 0.25) is 5.91 Å². The number of benzene rings is 1. The van der Waals surface area contributed by atoms with E-state index in [2.05, 4.69) is 10.2 Å². The van der Waals surface area contributed by atoms with Gasteiger partial charge in [0.15, 0.2) is 0 Å². The minimum absolute atomic E-state index is 0.295. The van der Waals surface area contributed by atoms with Crippen LogP contribution >= 0.6 is 0 Å². The first kappa shape index (κ1) is 14.8. The molecule has 0 radical (unpaired) electrons. The minimum atomic E-state index is -0.356. The summed E-state index contributed by atoms with van der Waals surface area (Å²) in [5.74, 6) is 0.521. The Morgan fingerprint density at radius 2 is 2.10 bits per heavy atom. The Labute approximate surface area is 120 Å². The van der Waals surface area contributed by atoms with Crippen molar-refractivity contribution in [2.45, 2.75) is 19.4 Å². The Morgan fingerprint density at radius 3 is 2.75 bits per heavy atom. The maximum absolute atomic E-state index is 11.9. The van der Waals surface area contributed by atoms with Crippen LogP contribution in [0.25, 0.3) is 0 Å². The summed E-state index contributed by atoms with van der Waals surface area (Å²) in [5, 5.41) is 3.33. The van der Waals surface area contributed by atoms with Gasteiger partial charge in [-0.2, -0.15) is 0 Å². The van der Waals surface area contributed by atoms with E-state index in [-0.39, 0.29) is 11.9 Å². The smallest absolute Gasteiger partial charge is 0.239 e. The Hall–Kier alpha value is -1.59. The zero-order valence-corrected chi connectivity index (χ0v) is 12.0. The average molecular weight is 277 g/mol. The number of carbonyl (C=O) groups excluding carboxylic acids is 1. The number of nitrogens with two attached hydrogens (primary N) is 1. The van der Waals surface area contributed by atoms with Gasteiger partial charge in [-0.3, -0.25) is 9.69 Å². The van der Waals surface area contributed by atoms with Crippen molar-refractivity contribution in [1.82, 2.24) is 10.2 Å². The molecule has 0 saturated carbocycles. The molecule has 5 heteroatoms. The molecule has 1 aromatic rings. The van der Waals surface area contributed by atoms with E-state index in [9.17, 15) is 4.79 Å². The molecule has 1 unspecified atom stereocenters. The molecule has 1 aliphatic heterocycles. The fourth-order valence-electron chi connectivity index (χ4n) is 2.59. The second-order valence-corrected chi connectivity index (χ2v) is 4.95. The zero-order valence-electron chi connectivity index (χ0n) is 12.0. The Balaban J connectivity index is 2.16. The fourth-order valence-corrected chi connectivity index (χ4v) is 2.59. The monoisotopic (exact) mass is 277 g/mol. The van der Waals surface area contributed by atoms with Crippen LogP contribution in [0.15, 0.2) is 24.3 Å². The molecule has 1 saturated heterocycles. The van der Waals surface area contributed by atoms with Crippen LogP contribution < -0.4 is 15.8 Å². The van der Waals surface area contributed by atoms with Crippen LogP contribution in [0.4, 0.5) is 0 Å². The third-order valence-electron chi connectivity index (χ3n) is 3.52. The molecule has 5 nitrogen and oxygen atoms in total. The lowest BCUT2D eigenvalue weighted by Crippen LogP contribution is -2.39. The average Bonchev–Trinajstić information content (AvgIpc) is 2.70. The lowest BCUT2D eigenvalue weighted by molar-refractivity contribution is -0.123. The number of rotatable bonds is 5. The van der Waals surface area contributed by atoms with Crippen LogP contribution in [-0.4, -0.2) is 43.6 Å². The van der Waals surface area contributed by atoms with Crippen molar-refractivity contribution in [2.24, 2.45) is 5.73 Å². The van der Waals surface area contributed by atoms with E-state index >= 15 is 0 Å². The number of primary amides is 1. The molecule has 1 aliphatic rings. The van der Waals surface area contributed by atoms with Gasteiger partial charge in [-0.25, -0.2) is 0 Å². The molecule has 20 heavy (non-hydrogen) atoms. The summed E-state index contributed by atoms with van der Waals surface area (Å²) >= 11 is 0. The van der Waals surface area contributed by atoms with Gasteiger partial charge in [-0.05, 0) is 37.6 Å². The standard InChI is InChI=1S/C15H23N3O2/c1-2-20-13-6-4-12(5-7-13)14(15(16)19)18-10-3-8-17-9-11-18/h4-7,14,17H,2-3,8-11H2,1H3,(H2,16,19). The van der Waals surface area contributed by atoms with Crippen molar-refractivity contribution >= 4 is 5.91 Å². The van der Waals surface area contributed by atoms with E-state index in [1.54, 1.807) is 0 Å². The van der Waals surface area contributed by atoms with E-state index in [0.717, 1.165) is 43.9 Å². The highest BCUT2D eigenvalue weighted by atomic mass is 16.5. The number of nitrogens with one attached hydrogen (secondary N) is 1. The van der Waals surface area contributed by atoms with Crippen molar-refractivity contribution in [3.05, 3.63) is 29.8 Å². The first-order valence-corrected chi connectivity index (χ1v) is 7.19. The highest BCUT2D eigenvalue weighted by Crippen LogP contribution is 2.23. The molecule has 3 N–H and O–H groups in total. The second kappa shape index (κ2) is 7.26. The van der Waals surface area contributed by atoms with Crippen LogP contribution in [0.5, 0.6) is 5.75 Å². The number of carbonyl (C=O) groups is 1. The largest absolute Gasteiger partial charge is 0.494 e. The molecule has 1 aromatic carbocycles. The minimum Gasteiger partial charge on any atom is -0.494 e. The maximum atomic E-state index is 11.9. The van der Waals surface area contributed by atoms with Crippen LogP contribution in [-0.2, 0) is 4.79 Å². The summed E-state index contributed by atoms with van der Waals surface area (Å²) in [5.41, 5.74) is 6.55. The van der Waals surface area contributed by atoms with Crippen molar-refractivity contribution in [2.75, 3.05) is 32.8 Å². The Kier molecular flexibility index (Phi) is 5.38. The summed E-state index contributed by atoms with van der Waals surface area (Å²) < 4.78 is 5.43. The molecule has 110 valence electrons. The molecule has 1 fully saturated rings. The normalized spacial score (nSPS) is 18.2. The first-order chi connectivity index (χ1) is 9.72. The molecule has 0 bridgehead atoms. The van der Waals surface area contributed by atoms with E-state index in [1.165, 1.54) is 0 Å². The SMILES string of the molecule is CCOc1ccc(C(C(N)=O)N2CCCNCC2)cc1. The summed E-state index contributed by atoms with van der Waals surface area (Å²) in [4.78, 5) is 14.0. The first-order valence-electron chi connectivity index (χ1n) is 7.19. The van der Waals surface area contributed by atoms with E-state index in [0.29, 0.717) is 6.61 Å². The van der Waals surface area contributed by atoms with Crippen LogP contribution in [0.2, 0.25) is 0 Å². The number of hydrogen-bond donors (Lipinski definition) is 2. The van der Waals surface area contributed by atoms with Gasteiger partial charge in [0.05, 0.1) is 6.61 Å². The lowest BCUT2D eigenvalue weighted by Gasteiger charge is -2.28. The summed E-state index contributed by atoms with van der Waals surface area (Å²) in [6.45, 7) is 6.18. The van der Waals surface area contributed by atoms with Crippen LogP contribution in [0.1, 0.15) is 24.9 Å². The summed E-state index contributed by atoms with van der Waals surface area (Å²) in [6.07, 6.45) is 1.03. The van der Waals surface area contributed by atoms with E-state index in [4.69, 9.17) is 10.5 Å². The van der Waals surface area contributed by atoms with Gasteiger partial charge in [0.1, 0.15) is 11.8 Å². The van der Waals surface area contributed by atoms with Gasteiger partial charge in [-0.1, -0.05) is 12.1 Å². The highest BCUT2D eigenvalue weighted by Gasteiger charge is 2.26. The Morgan fingerprint density at radius 1 is 1.35 bits per heavy atom. The van der Waals surface area contributed by atoms with Crippen molar-refractivity contribution < 1.29 is 9.53 Å². The third-order valence-corrected chi connectivity index (χ3v) is 3.52. The molecule has 1 amide bonds. The maximum Gasteiger partial charge on any atom is 0.239 e. The highest BCUT2D eigenvalue weighted by molar-refractivity contribution is 5.81. The Bertz CT molecular complexity index is 425. The number of ether oxygens (including phenoxy) is 1. The van der Waals surface area contributed by atoms with Crippen molar-refractivity contribution in [3.8, 4) is 5.75 Å². The molecule has 0 spiro atoms. The van der Waals surface area contributed by atoms with E-state index < -0.39 is 0 Å². The molecule has 0 aliphatic carbocycles. The number of amides is 1. The molecule has 1 heterocycles. The second-order valence-electron chi connectivity index (χ2n) is 4.95. The topological polar surface area (TPSA) is 67.6 Å². The van der Waals surface area contributed by atoms with E-state index in [1.807, 2.05) is 31.2 Å². The third kappa shape index (κ3) is 3.71. The van der Waals surface area contributed by atoms with Gasteiger partial charge < -0.3 is 15.8 Å². The van der Waals surface area contributed by atoms with Gasteiger partial charge >= 0.3 is 0 Å². The molecular weight excluding hydrogens is 254 g/mol. The summed E-state index contributed by atoms with van der Waals surface area (Å²) in [6, 6.07) is 7.29. The van der Waals surface area contributed by atoms with Crippen LogP contribution in [0, 0.1) is 0 Å². The van der Waals surface area contributed by atoms with Gasteiger partial charge in [0.25, 0.3) is 0 Å². The molecule has 1 atom stereocenters. The predicted molar refractivity (Wildman–Crippen MR) is 78.6 cm³/mol. The quantitative estimate of drug-likeness (QED) is 0.839. The molecular formula is C15H23N3O2. The molecule has 0 aromatic heterocycles. The molecule has 2 rings (SSSR count). The summed E-state index contributed by atoms with van der Waals surface area (Å²) in [7, 11) is 0. The van der Waals surface area contributed by atoms with Crippen molar-refractivity contribution in [1.29, 1.82) is 0 Å². The zero-order chi connectivity index (χ0) is 14.4.